The molecule has 2 aromatic rings. The van der Waals surface area contributed by atoms with Crippen molar-refractivity contribution in [1.82, 2.24) is 9.78 Å². The van der Waals surface area contributed by atoms with Crippen molar-refractivity contribution in [3.63, 3.8) is 0 Å². The Hall–Kier alpha value is -2.64. The predicted octanol–water partition coefficient (Wildman–Crippen LogP) is 1.84. The number of nitrogens with one attached hydrogen (secondary N) is 1. The molecule has 2 N–H and O–H groups in total. The first-order chi connectivity index (χ1) is 14.1. The van der Waals surface area contributed by atoms with Crippen LogP contribution in [0.1, 0.15) is 18.9 Å². The molecule has 30 heavy (non-hydrogen) atoms. The lowest BCUT2D eigenvalue weighted by atomic mass is 10.2. The molecular weight excluding hydrogens is 409 g/mol. The van der Waals surface area contributed by atoms with E-state index in [1.807, 2.05) is 19.1 Å². The number of methoxy groups -OCH3 is 1. The third kappa shape index (κ3) is 6.71. The number of aromatic nitrogens is 2. The van der Waals surface area contributed by atoms with Crippen molar-refractivity contribution in [2.24, 2.45) is 0 Å². The first-order valence-corrected chi connectivity index (χ1v) is 12.1. The second-order valence-electron chi connectivity index (χ2n) is 7.33. The summed E-state index contributed by atoms with van der Waals surface area (Å²) in [7, 11) is -1.33. The Morgan fingerprint density at radius 3 is 2.53 bits per heavy atom. The molecule has 1 atom stereocenters. The number of aliphatic carboxylic acids is 1. The Morgan fingerprint density at radius 2 is 1.97 bits per heavy atom. The fourth-order valence-corrected chi connectivity index (χ4v) is 4.13. The van der Waals surface area contributed by atoms with Crippen LogP contribution in [0.2, 0.25) is 0 Å². The Kier molecular flexibility index (Phi) is 8.20. The van der Waals surface area contributed by atoms with E-state index in [2.05, 4.69) is 10.4 Å². The number of hydrogen-bond donors (Lipinski definition) is 2. The van der Waals surface area contributed by atoms with Crippen LogP contribution in [0.4, 0.5) is 5.69 Å². The third-order valence-corrected chi connectivity index (χ3v) is 5.79. The van der Waals surface area contributed by atoms with E-state index in [0.29, 0.717) is 11.4 Å². The molecule has 10 heteroatoms. The van der Waals surface area contributed by atoms with E-state index in [-0.39, 0.29) is 37.5 Å². The van der Waals surface area contributed by atoms with Crippen molar-refractivity contribution in [2.45, 2.75) is 25.9 Å². The Morgan fingerprint density at radius 1 is 1.30 bits per heavy atom. The summed E-state index contributed by atoms with van der Waals surface area (Å²) in [6, 6.07) is 7.05. The normalized spacial score (nSPS) is 12.4. The van der Waals surface area contributed by atoms with Crippen molar-refractivity contribution in [3.8, 4) is 5.75 Å². The summed E-state index contributed by atoms with van der Waals surface area (Å²) in [4.78, 5) is 23.6. The molecule has 1 aromatic heterocycles. The van der Waals surface area contributed by atoms with E-state index in [1.54, 1.807) is 32.6 Å². The number of carboxylic acid groups (broad SMARTS) is 1. The number of anilines is 1. The van der Waals surface area contributed by atoms with Gasteiger partial charge in [-0.1, -0.05) is 12.1 Å². The maximum absolute atomic E-state index is 13.0. The maximum Gasteiger partial charge on any atom is 0.305 e. The fraction of sp³-hybridized carbons (Fsp3) is 0.450. The van der Waals surface area contributed by atoms with Crippen LogP contribution >= 0.6 is 7.14 Å². The largest absolute Gasteiger partial charge is 0.497 e. The van der Waals surface area contributed by atoms with Gasteiger partial charge < -0.3 is 24.5 Å². The highest BCUT2D eigenvalue weighted by Gasteiger charge is 2.24. The predicted molar refractivity (Wildman–Crippen MR) is 116 cm³/mol. The van der Waals surface area contributed by atoms with Crippen LogP contribution in [-0.4, -0.2) is 60.6 Å². The van der Waals surface area contributed by atoms with Crippen LogP contribution in [0.15, 0.2) is 35.3 Å². The SMILES string of the molecule is COc1ccc(Cn2ncc(NC(C)COCCC(=O)O)c(P(C)(C)=O)c2=O)cc1. The molecule has 2 rings (SSSR count). The van der Waals surface area contributed by atoms with Gasteiger partial charge in [0.25, 0.3) is 5.56 Å². The Bertz CT molecular complexity index is 967. The third-order valence-electron chi connectivity index (χ3n) is 4.28. The van der Waals surface area contributed by atoms with Crippen molar-refractivity contribution < 1.29 is 23.9 Å². The molecule has 9 nitrogen and oxygen atoms in total. The molecule has 0 saturated carbocycles. The molecule has 1 heterocycles. The minimum atomic E-state index is -2.91. The molecule has 0 aliphatic carbocycles. The lowest BCUT2D eigenvalue weighted by molar-refractivity contribution is -0.138. The average Bonchev–Trinajstić information content (AvgIpc) is 2.67. The Labute approximate surface area is 175 Å². The van der Waals surface area contributed by atoms with Crippen molar-refractivity contribution in [1.29, 1.82) is 0 Å². The zero-order chi connectivity index (χ0) is 22.3. The minimum absolute atomic E-state index is 0.0833. The van der Waals surface area contributed by atoms with E-state index in [1.165, 1.54) is 10.9 Å². The molecule has 0 aliphatic heterocycles. The van der Waals surface area contributed by atoms with E-state index < -0.39 is 18.7 Å². The number of carbonyl (C=O) groups is 1. The summed E-state index contributed by atoms with van der Waals surface area (Å²) in [5.74, 6) is -0.217. The highest BCUT2D eigenvalue weighted by atomic mass is 31.2. The summed E-state index contributed by atoms with van der Waals surface area (Å²) in [6.45, 7) is 5.48. The van der Waals surface area contributed by atoms with Gasteiger partial charge in [-0.2, -0.15) is 5.10 Å². The van der Waals surface area contributed by atoms with Gasteiger partial charge in [0.15, 0.2) is 0 Å². The van der Waals surface area contributed by atoms with Crippen LogP contribution in [-0.2, 0) is 20.6 Å². The number of nitrogens with zero attached hydrogens (tertiary/aromatic N) is 2. The number of ether oxygens (including phenoxy) is 2. The first kappa shape index (κ1) is 23.6. The average molecular weight is 437 g/mol. The quantitative estimate of drug-likeness (QED) is 0.404. The lowest BCUT2D eigenvalue weighted by Crippen LogP contribution is -2.39. The monoisotopic (exact) mass is 437 g/mol. The van der Waals surface area contributed by atoms with E-state index in [4.69, 9.17) is 14.6 Å². The number of hydrogen-bond acceptors (Lipinski definition) is 7. The molecule has 0 aliphatic rings. The second-order valence-corrected chi connectivity index (χ2v) is 10.5. The van der Waals surface area contributed by atoms with Crippen molar-refractivity contribution in [2.75, 3.05) is 39.0 Å². The lowest BCUT2D eigenvalue weighted by Gasteiger charge is -2.20. The van der Waals surface area contributed by atoms with Crippen molar-refractivity contribution in [3.05, 3.63) is 46.4 Å². The van der Waals surface area contributed by atoms with Gasteiger partial charge in [0, 0.05) is 6.04 Å². The summed E-state index contributed by atoms with van der Waals surface area (Å²) in [6.07, 6.45) is 1.41. The smallest absolute Gasteiger partial charge is 0.305 e. The highest BCUT2D eigenvalue weighted by Crippen LogP contribution is 2.35. The van der Waals surface area contributed by atoms with Crippen LogP contribution in [0.3, 0.4) is 0 Å². The van der Waals surface area contributed by atoms with E-state index in [0.717, 1.165) is 5.56 Å². The zero-order valence-corrected chi connectivity index (χ0v) is 18.5. The van der Waals surface area contributed by atoms with Crippen LogP contribution in [0, 0.1) is 0 Å². The van der Waals surface area contributed by atoms with Gasteiger partial charge in [-0.05, 0) is 37.9 Å². The van der Waals surface area contributed by atoms with Gasteiger partial charge in [-0.25, -0.2) is 4.68 Å². The number of carboxylic acids is 1. The molecular formula is C20H28N3O6P. The summed E-state index contributed by atoms with van der Waals surface area (Å²) >= 11 is 0. The molecule has 0 bridgehead atoms. The molecule has 0 amide bonds. The summed E-state index contributed by atoms with van der Waals surface area (Å²) in [5, 5.41) is 16.2. The molecule has 1 unspecified atom stereocenters. The topological polar surface area (TPSA) is 120 Å². The zero-order valence-electron chi connectivity index (χ0n) is 17.6. The van der Waals surface area contributed by atoms with Crippen LogP contribution in [0.5, 0.6) is 5.75 Å². The second kappa shape index (κ2) is 10.4. The minimum Gasteiger partial charge on any atom is -0.497 e. The molecule has 0 fully saturated rings. The fourth-order valence-electron chi connectivity index (χ4n) is 2.85. The molecule has 0 radical (unpaired) electrons. The van der Waals surface area contributed by atoms with Gasteiger partial charge in [-0.3, -0.25) is 9.59 Å². The Balaban J connectivity index is 2.21. The number of benzene rings is 1. The highest BCUT2D eigenvalue weighted by molar-refractivity contribution is 7.70. The molecule has 0 saturated heterocycles. The van der Waals surface area contributed by atoms with Gasteiger partial charge in [0.1, 0.15) is 18.2 Å². The van der Waals surface area contributed by atoms with Gasteiger partial charge in [0.2, 0.25) is 0 Å². The van der Waals surface area contributed by atoms with E-state index >= 15 is 0 Å². The molecule has 164 valence electrons. The number of rotatable bonds is 11. The van der Waals surface area contributed by atoms with Gasteiger partial charge >= 0.3 is 5.97 Å². The van der Waals surface area contributed by atoms with Gasteiger partial charge in [-0.15, -0.1) is 0 Å². The summed E-state index contributed by atoms with van der Waals surface area (Å²) < 4.78 is 24.6. The van der Waals surface area contributed by atoms with Crippen LogP contribution in [0.25, 0.3) is 0 Å². The summed E-state index contributed by atoms with van der Waals surface area (Å²) in [5.41, 5.74) is 0.844. The first-order valence-electron chi connectivity index (χ1n) is 9.46. The standard InChI is InChI=1S/C20H28N3O6P/c1-14(13-29-10-9-18(24)25)22-17-11-21-23(20(26)19(17)30(3,4)27)12-15-5-7-16(28-2)8-6-15/h5-8,11,14,22H,9-10,12-13H2,1-4H3,(H,24,25). The van der Waals surface area contributed by atoms with Crippen molar-refractivity contribution >= 4 is 24.1 Å². The van der Waals surface area contributed by atoms with E-state index in [9.17, 15) is 14.2 Å². The molecule has 1 aromatic carbocycles. The van der Waals surface area contributed by atoms with Crippen LogP contribution < -0.4 is 20.9 Å². The maximum atomic E-state index is 13.0. The van der Waals surface area contributed by atoms with Gasteiger partial charge in [0.05, 0.1) is 45.2 Å². The molecule has 0 spiro atoms.